The van der Waals surface area contributed by atoms with Crippen LogP contribution in [-0.4, -0.2) is 4.57 Å². The second-order valence-electron chi connectivity index (χ2n) is 4.02. The Hall–Kier alpha value is -0.660. The first-order valence-corrected chi connectivity index (χ1v) is 5.74. The Morgan fingerprint density at radius 2 is 1.87 bits per heavy atom. The molecule has 1 heterocycles. The molecule has 0 aliphatic rings. The minimum absolute atomic E-state index is 0.314. The van der Waals surface area contributed by atoms with Gasteiger partial charge in [0.05, 0.1) is 10.5 Å². The predicted octanol–water partition coefficient (Wildman–Crippen LogP) is 4.84. The van der Waals surface area contributed by atoms with E-state index in [4.69, 9.17) is 23.2 Å². The highest BCUT2D eigenvalue weighted by Gasteiger charge is 2.16. The van der Waals surface area contributed by atoms with Crippen molar-refractivity contribution in [2.24, 2.45) is 0 Å². The molecule has 3 heteroatoms. The SMILES string of the molecule is Cc1c(Cl)n(C(C)C)c2c(Cl)cccc12. The van der Waals surface area contributed by atoms with E-state index in [2.05, 4.69) is 24.5 Å². The number of para-hydroxylation sites is 1. The third kappa shape index (κ3) is 1.54. The molecule has 0 unspecified atom stereocenters. The Morgan fingerprint density at radius 1 is 1.20 bits per heavy atom. The zero-order valence-electron chi connectivity index (χ0n) is 9.01. The minimum Gasteiger partial charge on any atom is -0.328 e. The molecule has 0 saturated heterocycles. The van der Waals surface area contributed by atoms with Gasteiger partial charge in [0.25, 0.3) is 0 Å². The van der Waals surface area contributed by atoms with Gasteiger partial charge in [0, 0.05) is 11.4 Å². The van der Waals surface area contributed by atoms with Gasteiger partial charge < -0.3 is 4.57 Å². The molecule has 2 aromatic rings. The van der Waals surface area contributed by atoms with Crippen molar-refractivity contribution >= 4 is 34.1 Å². The van der Waals surface area contributed by atoms with Gasteiger partial charge in [0.15, 0.2) is 0 Å². The van der Waals surface area contributed by atoms with E-state index in [1.54, 1.807) is 0 Å². The largest absolute Gasteiger partial charge is 0.328 e. The van der Waals surface area contributed by atoms with Gasteiger partial charge in [-0.15, -0.1) is 0 Å². The minimum atomic E-state index is 0.314. The summed E-state index contributed by atoms with van der Waals surface area (Å²) in [6, 6.07) is 6.23. The van der Waals surface area contributed by atoms with Crippen LogP contribution in [0.15, 0.2) is 18.2 Å². The molecule has 0 bridgehead atoms. The summed E-state index contributed by atoms with van der Waals surface area (Å²) in [4.78, 5) is 0. The molecule has 0 aliphatic heterocycles. The second-order valence-corrected chi connectivity index (χ2v) is 4.78. The topological polar surface area (TPSA) is 4.93 Å². The standard InChI is InChI=1S/C12H13Cl2N/c1-7(2)15-11-9(8(3)12(15)14)5-4-6-10(11)13/h4-7H,1-3H3. The summed E-state index contributed by atoms with van der Waals surface area (Å²) in [6.07, 6.45) is 0. The normalized spacial score (nSPS) is 11.6. The van der Waals surface area contributed by atoms with Crippen LogP contribution in [-0.2, 0) is 0 Å². The first-order valence-electron chi connectivity index (χ1n) is 4.98. The molecular weight excluding hydrogens is 229 g/mol. The van der Waals surface area contributed by atoms with E-state index >= 15 is 0 Å². The number of fused-ring (bicyclic) bond motifs is 1. The quantitative estimate of drug-likeness (QED) is 0.674. The van der Waals surface area contributed by atoms with Crippen molar-refractivity contribution in [3.8, 4) is 0 Å². The Labute approximate surface area is 99.6 Å². The highest BCUT2D eigenvalue weighted by Crippen LogP contribution is 2.35. The number of hydrogen-bond donors (Lipinski definition) is 0. The number of hydrogen-bond acceptors (Lipinski definition) is 0. The predicted molar refractivity (Wildman–Crippen MR) is 67.1 cm³/mol. The van der Waals surface area contributed by atoms with Crippen molar-refractivity contribution in [2.75, 3.05) is 0 Å². The van der Waals surface area contributed by atoms with E-state index in [1.807, 2.05) is 19.1 Å². The van der Waals surface area contributed by atoms with Gasteiger partial charge in [-0.25, -0.2) is 0 Å². The van der Waals surface area contributed by atoms with Crippen LogP contribution < -0.4 is 0 Å². The van der Waals surface area contributed by atoms with Crippen LogP contribution in [0.4, 0.5) is 0 Å². The van der Waals surface area contributed by atoms with Gasteiger partial charge in [0.1, 0.15) is 5.15 Å². The molecule has 1 aromatic carbocycles. The Morgan fingerprint density at radius 3 is 2.47 bits per heavy atom. The van der Waals surface area contributed by atoms with Crippen LogP contribution in [0.25, 0.3) is 10.9 Å². The smallest absolute Gasteiger partial charge is 0.113 e. The molecule has 0 amide bonds. The van der Waals surface area contributed by atoms with Gasteiger partial charge in [-0.3, -0.25) is 0 Å². The molecule has 0 atom stereocenters. The highest BCUT2D eigenvalue weighted by atomic mass is 35.5. The van der Waals surface area contributed by atoms with E-state index in [0.717, 1.165) is 26.6 Å². The maximum absolute atomic E-state index is 6.31. The fourth-order valence-corrected chi connectivity index (χ4v) is 2.58. The third-order valence-electron chi connectivity index (χ3n) is 2.67. The number of rotatable bonds is 1. The van der Waals surface area contributed by atoms with Crippen molar-refractivity contribution in [2.45, 2.75) is 26.8 Å². The molecule has 0 fully saturated rings. The van der Waals surface area contributed by atoms with E-state index in [-0.39, 0.29) is 0 Å². The second kappa shape index (κ2) is 3.73. The number of halogens is 2. The van der Waals surface area contributed by atoms with E-state index < -0.39 is 0 Å². The number of nitrogens with zero attached hydrogens (tertiary/aromatic N) is 1. The molecule has 15 heavy (non-hydrogen) atoms. The fourth-order valence-electron chi connectivity index (χ4n) is 1.94. The van der Waals surface area contributed by atoms with E-state index in [1.165, 1.54) is 0 Å². The molecule has 2 rings (SSSR count). The van der Waals surface area contributed by atoms with Crippen molar-refractivity contribution in [1.82, 2.24) is 4.57 Å². The van der Waals surface area contributed by atoms with Crippen molar-refractivity contribution < 1.29 is 0 Å². The van der Waals surface area contributed by atoms with Gasteiger partial charge in [-0.1, -0.05) is 35.3 Å². The molecule has 0 radical (unpaired) electrons. The average molecular weight is 242 g/mol. The van der Waals surface area contributed by atoms with Gasteiger partial charge >= 0.3 is 0 Å². The fraction of sp³-hybridized carbons (Fsp3) is 0.333. The van der Waals surface area contributed by atoms with Crippen LogP contribution in [0, 0.1) is 6.92 Å². The summed E-state index contributed by atoms with van der Waals surface area (Å²) in [5.41, 5.74) is 2.14. The Kier molecular flexibility index (Phi) is 2.70. The molecular formula is C12H13Cl2N. The Bertz CT molecular complexity index is 512. The lowest BCUT2D eigenvalue weighted by molar-refractivity contribution is 0.623. The van der Waals surface area contributed by atoms with Gasteiger partial charge in [0.2, 0.25) is 0 Å². The number of aromatic nitrogens is 1. The number of benzene rings is 1. The lowest BCUT2D eigenvalue weighted by atomic mass is 10.2. The average Bonchev–Trinajstić information content (AvgIpc) is 2.43. The first kappa shape index (κ1) is 10.8. The van der Waals surface area contributed by atoms with Gasteiger partial charge in [-0.2, -0.15) is 0 Å². The highest BCUT2D eigenvalue weighted by molar-refractivity contribution is 6.37. The maximum Gasteiger partial charge on any atom is 0.113 e. The molecule has 0 saturated carbocycles. The summed E-state index contributed by atoms with van der Waals surface area (Å²) in [5.74, 6) is 0. The van der Waals surface area contributed by atoms with Crippen molar-refractivity contribution in [3.05, 3.63) is 33.9 Å². The summed E-state index contributed by atoms with van der Waals surface area (Å²) in [5, 5.41) is 2.69. The molecule has 1 nitrogen and oxygen atoms in total. The van der Waals surface area contributed by atoms with Crippen LogP contribution >= 0.6 is 23.2 Å². The van der Waals surface area contributed by atoms with Crippen molar-refractivity contribution in [1.29, 1.82) is 0 Å². The molecule has 80 valence electrons. The van der Waals surface area contributed by atoms with Crippen LogP contribution in [0.1, 0.15) is 25.5 Å². The molecule has 0 spiro atoms. The summed E-state index contributed by atoms with van der Waals surface area (Å²) in [6.45, 7) is 6.24. The van der Waals surface area contributed by atoms with Crippen molar-refractivity contribution in [3.63, 3.8) is 0 Å². The van der Waals surface area contributed by atoms with Crippen LogP contribution in [0.3, 0.4) is 0 Å². The van der Waals surface area contributed by atoms with Crippen LogP contribution in [0.2, 0.25) is 10.2 Å². The molecule has 1 aromatic heterocycles. The Balaban J connectivity index is 2.95. The van der Waals surface area contributed by atoms with Gasteiger partial charge in [-0.05, 0) is 32.4 Å². The lowest BCUT2D eigenvalue weighted by Crippen LogP contribution is -2.00. The summed E-state index contributed by atoms with van der Waals surface area (Å²) < 4.78 is 2.08. The zero-order valence-corrected chi connectivity index (χ0v) is 10.5. The summed E-state index contributed by atoms with van der Waals surface area (Å²) in [7, 11) is 0. The summed E-state index contributed by atoms with van der Waals surface area (Å²) >= 11 is 12.5. The van der Waals surface area contributed by atoms with E-state index in [0.29, 0.717) is 6.04 Å². The number of aryl methyl sites for hydroxylation is 1. The maximum atomic E-state index is 6.31. The first-order chi connectivity index (χ1) is 7.04. The molecule has 0 N–H and O–H groups in total. The lowest BCUT2D eigenvalue weighted by Gasteiger charge is -2.11. The molecule has 0 aliphatic carbocycles. The third-order valence-corrected chi connectivity index (χ3v) is 3.44. The van der Waals surface area contributed by atoms with Crippen LogP contribution in [0.5, 0.6) is 0 Å². The monoisotopic (exact) mass is 241 g/mol. The van der Waals surface area contributed by atoms with E-state index in [9.17, 15) is 0 Å². The zero-order chi connectivity index (χ0) is 11.2.